The molecule has 4 aliphatic carbocycles. The van der Waals surface area contributed by atoms with Crippen molar-refractivity contribution in [3.63, 3.8) is 0 Å². The summed E-state index contributed by atoms with van der Waals surface area (Å²) in [4.78, 5) is 24.7. The van der Waals surface area contributed by atoms with Gasteiger partial charge >= 0.3 is 5.97 Å². The SMILES string of the molecule is CCCSc1c(C(=O)NC2[C@H]3C[C@@H]4C[C@@H](C[C@H]2C4)C3)cnn1Cc1cccc(C(=O)O)c1. The first-order valence-corrected chi connectivity index (χ1v) is 12.8. The average Bonchev–Trinajstić information content (AvgIpc) is 3.16. The van der Waals surface area contributed by atoms with Crippen LogP contribution in [0.15, 0.2) is 35.5 Å². The molecule has 0 unspecified atom stereocenters. The van der Waals surface area contributed by atoms with Crippen molar-refractivity contribution in [2.45, 2.75) is 63.1 Å². The first kappa shape index (κ1) is 21.6. The van der Waals surface area contributed by atoms with Crippen LogP contribution in [0.5, 0.6) is 0 Å². The zero-order chi connectivity index (χ0) is 22.2. The highest BCUT2D eigenvalue weighted by atomic mass is 32.2. The maximum absolute atomic E-state index is 13.4. The summed E-state index contributed by atoms with van der Waals surface area (Å²) in [5, 5.41) is 18.1. The van der Waals surface area contributed by atoms with Crippen molar-refractivity contribution >= 4 is 23.6 Å². The summed E-state index contributed by atoms with van der Waals surface area (Å²) in [5.74, 6) is 2.98. The minimum atomic E-state index is -0.941. The molecule has 0 saturated heterocycles. The molecule has 0 atom stereocenters. The topological polar surface area (TPSA) is 84.2 Å². The summed E-state index contributed by atoms with van der Waals surface area (Å²) in [7, 11) is 0. The van der Waals surface area contributed by atoms with E-state index in [4.69, 9.17) is 0 Å². The maximum Gasteiger partial charge on any atom is 0.335 e. The lowest BCUT2D eigenvalue weighted by Gasteiger charge is -2.54. The van der Waals surface area contributed by atoms with E-state index in [1.807, 2.05) is 10.7 Å². The number of carboxylic acids is 1. The Hall–Kier alpha value is -2.28. The van der Waals surface area contributed by atoms with Gasteiger partial charge in [0.15, 0.2) is 0 Å². The summed E-state index contributed by atoms with van der Waals surface area (Å²) < 4.78 is 1.84. The molecule has 4 saturated carbocycles. The van der Waals surface area contributed by atoms with Gasteiger partial charge < -0.3 is 10.4 Å². The Morgan fingerprint density at radius 2 is 1.88 bits per heavy atom. The fourth-order valence-electron chi connectivity index (χ4n) is 6.36. The Labute approximate surface area is 193 Å². The largest absolute Gasteiger partial charge is 0.478 e. The Bertz CT molecular complexity index is 990. The number of nitrogens with one attached hydrogen (secondary N) is 1. The van der Waals surface area contributed by atoms with Gasteiger partial charge in [-0.2, -0.15) is 5.10 Å². The van der Waals surface area contributed by atoms with E-state index in [0.717, 1.165) is 34.6 Å². The zero-order valence-corrected chi connectivity index (χ0v) is 19.3. The molecule has 6 nitrogen and oxygen atoms in total. The van der Waals surface area contributed by atoms with Crippen molar-refractivity contribution in [3.05, 3.63) is 47.2 Å². The number of nitrogens with zero attached hydrogens (tertiary/aromatic N) is 2. The molecule has 0 aliphatic heterocycles. The van der Waals surface area contributed by atoms with Gasteiger partial charge in [-0.15, -0.1) is 11.8 Å². The molecule has 4 fully saturated rings. The van der Waals surface area contributed by atoms with Gasteiger partial charge in [-0.25, -0.2) is 4.79 Å². The van der Waals surface area contributed by atoms with Gasteiger partial charge in [0.1, 0.15) is 5.03 Å². The molecule has 1 heterocycles. The van der Waals surface area contributed by atoms with Crippen LogP contribution in [0.2, 0.25) is 0 Å². The van der Waals surface area contributed by atoms with Crippen LogP contribution in [-0.4, -0.2) is 38.6 Å². The third-order valence-corrected chi connectivity index (χ3v) is 8.83. The van der Waals surface area contributed by atoms with Crippen LogP contribution in [0.1, 0.15) is 71.7 Å². The third-order valence-electron chi connectivity index (χ3n) is 7.51. The van der Waals surface area contributed by atoms with Gasteiger partial charge in [-0.05, 0) is 85.6 Å². The number of hydrogen-bond donors (Lipinski definition) is 2. The molecule has 0 radical (unpaired) electrons. The van der Waals surface area contributed by atoms with Crippen molar-refractivity contribution in [2.75, 3.05) is 5.75 Å². The minimum Gasteiger partial charge on any atom is -0.478 e. The van der Waals surface area contributed by atoms with Gasteiger partial charge in [-0.3, -0.25) is 9.48 Å². The number of hydrogen-bond acceptors (Lipinski definition) is 4. The molecule has 1 amide bonds. The second-order valence-electron chi connectivity index (χ2n) is 9.81. The predicted molar refractivity (Wildman–Crippen MR) is 124 cm³/mol. The summed E-state index contributed by atoms with van der Waals surface area (Å²) in [6.07, 6.45) is 9.18. The second-order valence-corrected chi connectivity index (χ2v) is 10.9. The number of carbonyl (C=O) groups excluding carboxylic acids is 1. The molecular weight excluding hydrogens is 422 g/mol. The maximum atomic E-state index is 13.4. The zero-order valence-electron chi connectivity index (χ0n) is 18.5. The Kier molecular flexibility index (Phi) is 6.01. The Morgan fingerprint density at radius 3 is 2.53 bits per heavy atom. The Balaban J connectivity index is 1.35. The second kappa shape index (κ2) is 8.93. The predicted octanol–water partition coefficient (Wildman–Crippen LogP) is 4.69. The van der Waals surface area contributed by atoms with E-state index in [-0.39, 0.29) is 11.5 Å². The van der Waals surface area contributed by atoms with E-state index in [0.29, 0.717) is 30.0 Å². The number of aromatic carboxylic acids is 1. The first-order valence-electron chi connectivity index (χ1n) is 11.8. The number of benzene rings is 1. The molecule has 0 spiro atoms. The number of thioether (sulfide) groups is 1. The average molecular weight is 454 g/mol. The molecule has 4 bridgehead atoms. The summed E-state index contributed by atoms with van der Waals surface area (Å²) in [6.45, 7) is 2.57. The monoisotopic (exact) mass is 453 g/mol. The fourth-order valence-corrected chi connectivity index (χ4v) is 7.32. The van der Waals surface area contributed by atoms with E-state index in [2.05, 4.69) is 17.3 Å². The van der Waals surface area contributed by atoms with Gasteiger partial charge in [0.05, 0.1) is 23.9 Å². The van der Waals surface area contributed by atoms with Gasteiger partial charge in [0, 0.05) is 6.04 Å². The molecule has 32 heavy (non-hydrogen) atoms. The summed E-state index contributed by atoms with van der Waals surface area (Å²) >= 11 is 1.65. The lowest BCUT2D eigenvalue weighted by molar-refractivity contribution is -0.0120. The normalized spacial score (nSPS) is 28.1. The third kappa shape index (κ3) is 4.19. The number of carboxylic acid groups (broad SMARTS) is 1. The quantitative estimate of drug-likeness (QED) is 0.567. The van der Waals surface area contributed by atoms with Crippen molar-refractivity contribution in [1.29, 1.82) is 0 Å². The lowest BCUT2D eigenvalue weighted by atomic mass is 9.54. The number of amides is 1. The molecule has 1 aromatic heterocycles. The minimum absolute atomic E-state index is 0.00777. The van der Waals surface area contributed by atoms with Crippen molar-refractivity contribution < 1.29 is 14.7 Å². The van der Waals surface area contributed by atoms with Crippen molar-refractivity contribution in [3.8, 4) is 0 Å². The van der Waals surface area contributed by atoms with Gasteiger partial charge in [0.25, 0.3) is 5.91 Å². The molecule has 170 valence electrons. The number of aromatic nitrogens is 2. The standard InChI is InChI=1S/C25H31N3O3S/c1-2-6-32-24-21(13-26-28(24)14-15-4-3-5-18(8-15)25(30)31)23(29)27-22-19-9-16-7-17(11-19)12-20(22)10-16/h3-5,8,13,16-17,19-20,22H,2,6-7,9-12,14H2,1H3,(H,27,29)(H,30,31)/t16-,17+,19-,20+,22?. The molecule has 2 N–H and O–H groups in total. The highest BCUT2D eigenvalue weighted by molar-refractivity contribution is 7.99. The number of carbonyl (C=O) groups is 2. The molecule has 2 aromatic rings. The first-order chi connectivity index (χ1) is 15.5. The van der Waals surface area contributed by atoms with Crippen LogP contribution in [-0.2, 0) is 6.54 Å². The van der Waals surface area contributed by atoms with Crippen LogP contribution in [0.25, 0.3) is 0 Å². The summed E-state index contributed by atoms with van der Waals surface area (Å²) in [5.41, 5.74) is 1.77. The van der Waals surface area contributed by atoms with E-state index in [1.165, 1.54) is 32.1 Å². The van der Waals surface area contributed by atoms with Crippen molar-refractivity contribution in [1.82, 2.24) is 15.1 Å². The molecule has 4 aliphatic rings. The Morgan fingerprint density at radius 1 is 1.16 bits per heavy atom. The van der Waals surface area contributed by atoms with Crippen LogP contribution in [0, 0.1) is 23.7 Å². The van der Waals surface area contributed by atoms with E-state index >= 15 is 0 Å². The van der Waals surface area contributed by atoms with Gasteiger partial charge in [-0.1, -0.05) is 19.1 Å². The number of rotatable bonds is 8. The van der Waals surface area contributed by atoms with Gasteiger partial charge in [0.2, 0.25) is 0 Å². The van der Waals surface area contributed by atoms with E-state index in [9.17, 15) is 14.7 Å². The highest BCUT2D eigenvalue weighted by Gasteiger charge is 2.48. The van der Waals surface area contributed by atoms with E-state index < -0.39 is 5.97 Å². The van der Waals surface area contributed by atoms with Crippen LogP contribution in [0.3, 0.4) is 0 Å². The van der Waals surface area contributed by atoms with Crippen LogP contribution >= 0.6 is 11.8 Å². The molecular formula is C25H31N3O3S. The van der Waals surface area contributed by atoms with E-state index in [1.54, 1.807) is 36.2 Å². The van der Waals surface area contributed by atoms with Crippen LogP contribution in [0.4, 0.5) is 0 Å². The smallest absolute Gasteiger partial charge is 0.335 e. The summed E-state index contributed by atoms with van der Waals surface area (Å²) in [6, 6.07) is 7.21. The fraction of sp³-hybridized carbons (Fsp3) is 0.560. The van der Waals surface area contributed by atoms with Crippen LogP contribution < -0.4 is 5.32 Å². The lowest BCUT2D eigenvalue weighted by Crippen LogP contribution is -2.55. The molecule has 6 rings (SSSR count). The molecule has 7 heteroatoms. The molecule has 1 aromatic carbocycles. The van der Waals surface area contributed by atoms with Crippen molar-refractivity contribution in [2.24, 2.45) is 23.7 Å². The highest BCUT2D eigenvalue weighted by Crippen LogP contribution is 2.53.